The van der Waals surface area contributed by atoms with Crippen molar-refractivity contribution in [3.8, 4) is 5.75 Å². The SMILES string of the molecule is CSc1c(OC(C)=O)cc(C(F)(F)F)c2c3ccccc3n(Cc3ccccc3)c12. The molecule has 3 aromatic carbocycles. The first-order valence-corrected chi connectivity index (χ1v) is 10.4. The topological polar surface area (TPSA) is 31.2 Å². The number of rotatable bonds is 4. The van der Waals surface area contributed by atoms with Crippen LogP contribution in [0.5, 0.6) is 5.75 Å². The summed E-state index contributed by atoms with van der Waals surface area (Å²) in [5.41, 5.74) is 1.25. The molecule has 0 amide bonds. The molecule has 1 aromatic heterocycles. The van der Waals surface area contributed by atoms with Crippen LogP contribution < -0.4 is 4.74 Å². The molecule has 0 atom stereocenters. The Kier molecular flexibility index (Phi) is 5.24. The predicted molar refractivity (Wildman–Crippen MR) is 113 cm³/mol. The van der Waals surface area contributed by atoms with Gasteiger partial charge >= 0.3 is 12.1 Å². The molecule has 0 spiro atoms. The van der Waals surface area contributed by atoms with Crippen LogP contribution in [-0.2, 0) is 17.5 Å². The minimum atomic E-state index is -4.61. The van der Waals surface area contributed by atoms with E-state index in [9.17, 15) is 18.0 Å². The van der Waals surface area contributed by atoms with E-state index >= 15 is 0 Å². The Bertz CT molecular complexity index is 1250. The van der Waals surface area contributed by atoms with Gasteiger partial charge in [0, 0.05) is 29.8 Å². The number of thioether (sulfide) groups is 1. The van der Waals surface area contributed by atoms with Crippen LogP contribution in [0.15, 0.2) is 65.6 Å². The van der Waals surface area contributed by atoms with Crippen molar-refractivity contribution in [2.45, 2.75) is 24.5 Å². The highest BCUT2D eigenvalue weighted by atomic mass is 32.2. The van der Waals surface area contributed by atoms with Gasteiger partial charge in [-0.2, -0.15) is 13.2 Å². The molecule has 1 heterocycles. The molecule has 3 nitrogen and oxygen atoms in total. The molecule has 0 aliphatic rings. The fourth-order valence-electron chi connectivity index (χ4n) is 3.78. The van der Waals surface area contributed by atoms with Gasteiger partial charge in [-0.3, -0.25) is 4.79 Å². The van der Waals surface area contributed by atoms with Gasteiger partial charge in [0.25, 0.3) is 0 Å². The van der Waals surface area contributed by atoms with E-state index in [4.69, 9.17) is 4.74 Å². The molecule has 7 heteroatoms. The third-order valence-corrected chi connectivity index (χ3v) is 5.70. The van der Waals surface area contributed by atoms with Crippen molar-refractivity contribution < 1.29 is 22.7 Å². The van der Waals surface area contributed by atoms with Crippen molar-refractivity contribution in [3.63, 3.8) is 0 Å². The van der Waals surface area contributed by atoms with Crippen molar-refractivity contribution in [2.75, 3.05) is 6.26 Å². The summed E-state index contributed by atoms with van der Waals surface area (Å²) in [5.74, 6) is -0.740. The van der Waals surface area contributed by atoms with Crippen LogP contribution in [0.1, 0.15) is 18.1 Å². The second kappa shape index (κ2) is 7.72. The number of carbonyl (C=O) groups is 1. The largest absolute Gasteiger partial charge is 0.425 e. The van der Waals surface area contributed by atoms with Crippen LogP contribution in [0.25, 0.3) is 21.8 Å². The van der Waals surface area contributed by atoms with E-state index in [-0.39, 0.29) is 11.1 Å². The van der Waals surface area contributed by atoms with Crippen LogP contribution >= 0.6 is 11.8 Å². The van der Waals surface area contributed by atoms with E-state index in [1.54, 1.807) is 18.4 Å². The lowest BCUT2D eigenvalue weighted by atomic mass is 10.1. The second-order valence-electron chi connectivity index (χ2n) is 6.86. The first-order chi connectivity index (χ1) is 14.3. The number of halogens is 3. The minimum absolute atomic E-state index is 0.0769. The highest BCUT2D eigenvalue weighted by Gasteiger charge is 2.36. The molecule has 0 bridgehead atoms. The maximum absolute atomic E-state index is 14.1. The molecule has 0 aliphatic heterocycles. The van der Waals surface area contributed by atoms with Gasteiger partial charge in [0.15, 0.2) is 0 Å². The number of alkyl halides is 3. The number of para-hydroxylation sites is 1. The first kappa shape index (κ1) is 20.3. The summed E-state index contributed by atoms with van der Waals surface area (Å²) in [7, 11) is 0. The smallest absolute Gasteiger partial charge is 0.417 e. The molecule has 0 fully saturated rings. The maximum Gasteiger partial charge on any atom is 0.417 e. The maximum atomic E-state index is 14.1. The van der Waals surface area contributed by atoms with Gasteiger partial charge in [-0.1, -0.05) is 48.5 Å². The molecule has 0 saturated heterocycles. The Morgan fingerprint density at radius 3 is 2.37 bits per heavy atom. The number of fused-ring (bicyclic) bond motifs is 3. The predicted octanol–water partition coefficient (Wildman–Crippen LogP) is 6.51. The quantitative estimate of drug-likeness (QED) is 0.211. The monoisotopic (exact) mass is 429 g/mol. The van der Waals surface area contributed by atoms with Crippen LogP contribution in [0.2, 0.25) is 0 Å². The van der Waals surface area contributed by atoms with Crippen molar-refractivity contribution >= 4 is 39.5 Å². The van der Waals surface area contributed by atoms with Crippen LogP contribution in [0, 0.1) is 0 Å². The molecular formula is C23H18F3NO2S. The summed E-state index contributed by atoms with van der Waals surface area (Å²) >= 11 is 1.26. The lowest BCUT2D eigenvalue weighted by Crippen LogP contribution is -2.10. The molecule has 0 aliphatic carbocycles. The van der Waals surface area contributed by atoms with E-state index in [1.807, 2.05) is 47.0 Å². The Hall–Kier alpha value is -2.93. The number of ether oxygens (including phenoxy) is 1. The molecule has 0 unspecified atom stereocenters. The van der Waals surface area contributed by atoms with E-state index in [1.165, 1.54) is 18.7 Å². The summed E-state index contributed by atoms with van der Waals surface area (Å²) in [6, 6.07) is 17.5. The summed E-state index contributed by atoms with van der Waals surface area (Å²) in [5, 5.41) is 0.634. The molecule has 0 N–H and O–H groups in total. The van der Waals surface area contributed by atoms with E-state index in [0.29, 0.717) is 27.9 Å². The van der Waals surface area contributed by atoms with Crippen LogP contribution in [0.3, 0.4) is 0 Å². The van der Waals surface area contributed by atoms with Crippen LogP contribution in [0.4, 0.5) is 13.2 Å². The van der Waals surface area contributed by atoms with Gasteiger partial charge in [-0.05, 0) is 24.0 Å². The Morgan fingerprint density at radius 1 is 1.07 bits per heavy atom. The van der Waals surface area contributed by atoms with Crippen molar-refractivity contribution in [2.24, 2.45) is 0 Å². The first-order valence-electron chi connectivity index (χ1n) is 9.22. The minimum Gasteiger partial charge on any atom is -0.425 e. The summed E-state index contributed by atoms with van der Waals surface area (Å²) in [6.45, 7) is 1.57. The Morgan fingerprint density at radius 2 is 1.73 bits per heavy atom. The lowest BCUT2D eigenvalue weighted by Gasteiger charge is -2.17. The van der Waals surface area contributed by atoms with Crippen molar-refractivity contribution in [1.29, 1.82) is 0 Å². The number of carbonyl (C=O) groups excluding carboxylic acids is 1. The summed E-state index contributed by atoms with van der Waals surface area (Å²) < 4.78 is 49.3. The second-order valence-corrected chi connectivity index (χ2v) is 7.68. The molecule has 0 saturated carbocycles. The van der Waals surface area contributed by atoms with Crippen molar-refractivity contribution in [1.82, 2.24) is 4.57 Å². The molecule has 4 aromatic rings. The third kappa shape index (κ3) is 3.54. The Balaban J connectivity index is 2.17. The van der Waals surface area contributed by atoms with E-state index < -0.39 is 17.7 Å². The highest BCUT2D eigenvalue weighted by Crippen LogP contribution is 2.47. The number of benzene rings is 3. The summed E-state index contributed by atoms with van der Waals surface area (Å²) in [6.07, 6.45) is -2.84. The van der Waals surface area contributed by atoms with Gasteiger partial charge in [0.1, 0.15) is 5.75 Å². The fraction of sp³-hybridized carbons (Fsp3) is 0.174. The summed E-state index contributed by atoms with van der Waals surface area (Å²) in [4.78, 5) is 12.1. The number of aromatic nitrogens is 1. The molecule has 154 valence electrons. The van der Waals surface area contributed by atoms with Gasteiger partial charge < -0.3 is 9.30 Å². The average Bonchev–Trinajstić information content (AvgIpc) is 3.01. The highest BCUT2D eigenvalue weighted by molar-refractivity contribution is 7.99. The Labute approximate surface area is 175 Å². The fourth-order valence-corrected chi connectivity index (χ4v) is 4.49. The third-order valence-electron chi connectivity index (χ3n) is 4.90. The van der Waals surface area contributed by atoms with Gasteiger partial charge in [-0.15, -0.1) is 11.8 Å². The molecule has 30 heavy (non-hydrogen) atoms. The number of esters is 1. The van der Waals surface area contributed by atoms with Gasteiger partial charge in [-0.25, -0.2) is 0 Å². The normalized spacial score (nSPS) is 11.9. The number of nitrogens with zero attached hydrogens (tertiary/aromatic N) is 1. The van der Waals surface area contributed by atoms with E-state index in [0.717, 1.165) is 11.6 Å². The molecular weight excluding hydrogens is 411 g/mol. The van der Waals surface area contributed by atoms with Gasteiger partial charge in [0.2, 0.25) is 0 Å². The number of hydrogen-bond donors (Lipinski definition) is 0. The van der Waals surface area contributed by atoms with Crippen molar-refractivity contribution in [3.05, 3.63) is 71.8 Å². The zero-order valence-corrected chi connectivity index (χ0v) is 17.1. The number of hydrogen-bond acceptors (Lipinski definition) is 3. The molecule has 0 radical (unpaired) electrons. The lowest BCUT2D eigenvalue weighted by molar-refractivity contribution is -0.137. The van der Waals surface area contributed by atoms with Gasteiger partial charge in [0.05, 0.1) is 16.0 Å². The molecule has 4 rings (SSSR count). The standard InChI is InChI=1S/C23H18F3NO2S/c1-14(28)29-19-12-17(23(24,25)26)20-16-10-6-7-11-18(16)27(21(20)22(19)30-2)13-15-8-4-3-5-9-15/h3-12H,13H2,1-2H3. The zero-order valence-electron chi connectivity index (χ0n) is 16.3. The van der Waals surface area contributed by atoms with Crippen LogP contribution in [-0.4, -0.2) is 16.8 Å². The zero-order chi connectivity index (χ0) is 21.5. The average molecular weight is 429 g/mol. The van der Waals surface area contributed by atoms with E-state index in [2.05, 4.69) is 0 Å².